The van der Waals surface area contributed by atoms with Gasteiger partial charge in [0.2, 0.25) is 5.88 Å². The second-order valence-corrected chi connectivity index (χ2v) is 8.57. The average Bonchev–Trinajstić information content (AvgIpc) is 2.86. The van der Waals surface area contributed by atoms with Crippen LogP contribution in [-0.2, 0) is 11.3 Å². The van der Waals surface area contributed by atoms with Gasteiger partial charge in [-0.1, -0.05) is 11.6 Å². The molecule has 2 aliphatic heterocycles. The second-order valence-electron chi connectivity index (χ2n) is 8.17. The van der Waals surface area contributed by atoms with Gasteiger partial charge in [0.1, 0.15) is 5.52 Å². The number of carbonyl (C=O) groups excluding carboxylic acids is 1. The Morgan fingerprint density at radius 3 is 2.85 bits per heavy atom. The first-order chi connectivity index (χ1) is 16.6. The van der Waals surface area contributed by atoms with Crippen molar-refractivity contribution < 1.29 is 14.3 Å². The number of nitrogens with one attached hydrogen (secondary N) is 2. The van der Waals surface area contributed by atoms with E-state index >= 15 is 0 Å². The van der Waals surface area contributed by atoms with Crippen LogP contribution >= 0.6 is 11.6 Å². The monoisotopic (exact) mass is 483 g/mol. The van der Waals surface area contributed by atoms with Crippen molar-refractivity contribution in [2.75, 3.05) is 63.2 Å². The van der Waals surface area contributed by atoms with E-state index in [0.717, 1.165) is 61.7 Å². The quantitative estimate of drug-likeness (QED) is 0.487. The molecule has 0 saturated carbocycles. The highest BCUT2D eigenvalue weighted by atomic mass is 35.5. The van der Waals surface area contributed by atoms with Gasteiger partial charge in [0.15, 0.2) is 18.2 Å². The molecule has 0 spiro atoms. The minimum Gasteiger partial charge on any atom is -0.481 e. The Bertz CT molecular complexity index is 1200. The molecule has 10 nitrogen and oxygen atoms in total. The van der Waals surface area contributed by atoms with E-state index in [-0.39, 0.29) is 12.5 Å². The van der Waals surface area contributed by atoms with Crippen LogP contribution in [0.3, 0.4) is 0 Å². The summed E-state index contributed by atoms with van der Waals surface area (Å²) < 4.78 is 10.6. The summed E-state index contributed by atoms with van der Waals surface area (Å²) in [5.74, 6) is 1.46. The predicted molar refractivity (Wildman–Crippen MR) is 130 cm³/mol. The van der Waals surface area contributed by atoms with Crippen LogP contribution in [0.25, 0.3) is 11.0 Å². The minimum atomic E-state index is -0.180. The van der Waals surface area contributed by atoms with Crippen molar-refractivity contribution in [3.63, 3.8) is 0 Å². The zero-order chi connectivity index (χ0) is 23.5. The standard InChI is InChI=1S/C23H26ClN7O3/c1-33-20-5-3-17-21(29-20)22(16(24)13-26-17)31-10-8-30(9-11-31)7-6-25-12-15-2-4-18-23(27-15)28-19(32)14-34-18/h2-5,13,25H,6-12,14H2,1H3,(H,27,28,32). The van der Waals surface area contributed by atoms with E-state index in [2.05, 4.69) is 35.4 Å². The summed E-state index contributed by atoms with van der Waals surface area (Å²) in [6, 6.07) is 7.47. The molecule has 0 aromatic carbocycles. The van der Waals surface area contributed by atoms with Gasteiger partial charge in [-0.05, 0) is 18.2 Å². The van der Waals surface area contributed by atoms with Crippen LogP contribution in [0.5, 0.6) is 11.6 Å². The third-order valence-corrected chi connectivity index (χ3v) is 6.23. The lowest BCUT2D eigenvalue weighted by molar-refractivity contribution is -0.118. The highest BCUT2D eigenvalue weighted by Gasteiger charge is 2.22. The van der Waals surface area contributed by atoms with E-state index in [1.54, 1.807) is 13.3 Å². The number of halogens is 1. The first-order valence-corrected chi connectivity index (χ1v) is 11.6. The smallest absolute Gasteiger partial charge is 0.263 e. The molecule has 0 bridgehead atoms. The van der Waals surface area contributed by atoms with Gasteiger partial charge in [-0.25, -0.2) is 9.97 Å². The summed E-state index contributed by atoms with van der Waals surface area (Å²) in [4.78, 5) is 29.6. The number of hydrogen-bond donors (Lipinski definition) is 2. The van der Waals surface area contributed by atoms with Crippen LogP contribution in [0.15, 0.2) is 30.5 Å². The first kappa shape index (κ1) is 22.6. The normalized spacial score (nSPS) is 16.2. The number of carbonyl (C=O) groups is 1. The molecular formula is C23H26ClN7O3. The predicted octanol–water partition coefficient (Wildman–Crippen LogP) is 1.93. The van der Waals surface area contributed by atoms with Crippen molar-refractivity contribution in [1.82, 2.24) is 25.2 Å². The van der Waals surface area contributed by atoms with Gasteiger partial charge >= 0.3 is 0 Å². The average molecular weight is 484 g/mol. The molecule has 0 radical (unpaired) electrons. The Morgan fingerprint density at radius 2 is 2.03 bits per heavy atom. The van der Waals surface area contributed by atoms with Crippen LogP contribution in [-0.4, -0.2) is 78.7 Å². The number of aromatic nitrogens is 3. The number of fused-ring (bicyclic) bond motifs is 2. The van der Waals surface area contributed by atoms with Gasteiger partial charge in [-0.2, -0.15) is 0 Å². The van der Waals surface area contributed by atoms with E-state index in [0.29, 0.717) is 29.0 Å². The van der Waals surface area contributed by atoms with Gasteiger partial charge < -0.3 is 25.0 Å². The number of nitrogens with zero attached hydrogens (tertiary/aromatic N) is 5. The number of anilines is 2. The summed E-state index contributed by atoms with van der Waals surface area (Å²) in [6.07, 6.45) is 1.69. The number of amides is 1. The number of hydrogen-bond acceptors (Lipinski definition) is 9. The first-order valence-electron chi connectivity index (χ1n) is 11.2. The van der Waals surface area contributed by atoms with E-state index in [1.165, 1.54) is 0 Å². The fourth-order valence-corrected chi connectivity index (χ4v) is 4.44. The third-order valence-electron chi connectivity index (χ3n) is 5.96. The molecule has 1 saturated heterocycles. The molecule has 5 rings (SSSR count). The molecule has 0 aliphatic carbocycles. The van der Waals surface area contributed by atoms with Gasteiger partial charge in [-0.15, -0.1) is 0 Å². The zero-order valence-electron chi connectivity index (χ0n) is 18.9. The maximum atomic E-state index is 11.5. The van der Waals surface area contributed by atoms with Crippen molar-refractivity contribution in [1.29, 1.82) is 0 Å². The van der Waals surface area contributed by atoms with E-state index in [4.69, 9.17) is 21.1 Å². The Labute approximate surface area is 202 Å². The Hall–Kier alpha value is -3.21. The summed E-state index contributed by atoms with van der Waals surface area (Å²) in [5.41, 5.74) is 3.34. The van der Waals surface area contributed by atoms with E-state index in [1.807, 2.05) is 24.3 Å². The molecule has 3 aromatic rings. The summed E-state index contributed by atoms with van der Waals surface area (Å²) in [6.45, 7) is 5.96. The molecule has 34 heavy (non-hydrogen) atoms. The highest BCUT2D eigenvalue weighted by molar-refractivity contribution is 6.34. The van der Waals surface area contributed by atoms with Crippen molar-refractivity contribution >= 4 is 40.0 Å². The van der Waals surface area contributed by atoms with Crippen LogP contribution in [0.4, 0.5) is 11.5 Å². The summed E-state index contributed by atoms with van der Waals surface area (Å²) in [5, 5.41) is 6.77. The zero-order valence-corrected chi connectivity index (χ0v) is 19.6. The van der Waals surface area contributed by atoms with Crippen LogP contribution in [0.2, 0.25) is 5.02 Å². The van der Waals surface area contributed by atoms with Gasteiger partial charge in [0.05, 0.1) is 29.0 Å². The topological polar surface area (TPSA) is 105 Å². The molecule has 1 amide bonds. The molecular weight excluding hydrogens is 458 g/mol. The lowest BCUT2D eigenvalue weighted by atomic mass is 10.2. The second kappa shape index (κ2) is 9.96. The Balaban J connectivity index is 1.13. The van der Waals surface area contributed by atoms with Crippen LogP contribution < -0.4 is 25.0 Å². The fraction of sp³-hybridized carbons (Fsp3) is 0.391. The molecule has 0 atom stereocenters. The van der Waals surface area contributed by atoms with Gasteiger partial charge in [0.25, 0.3) is 5.91 Å². The highest BCUT2D eigenvalue weighted by Crippen LogP contribution is 2.33. The number of piperazine rings is 1. The van der Waals surface area contributed by atoms with E-state index in [9.17, 15) is 4.79 Å². The van der Waals surface area contributed by atoms with Crippen molar-refractivity contribution in [3.05, 3.63) is 41.2 Å². The Morgan fingerprint density at radius 1 is 1.18 bits per heavy atom. The van der Waals surface area contributed by atoms with Crippen molar-refractivity contribution in [3.8, 4) is 11.6 Å². The summed E-state index contributed by atoms with van der Waals surface area (Å²) >= 11 is 6.54. The van der Waals surface area contributed by atoms with Crippen molar-refractivity contribution in [2.45, 2.75) is 6.54 Å². The molecule has 5 heterocycles. The maximum Gasteiger partial charge on any atom is 0.263 e. The fourth-order valence-electron chi connectivity index (χ4n) is 4.18. The third kappa shape index (κ3) is 4.84. The lowest BCUT2D eigenvalue weighted by Crippen LogP contribution is -2.48. The number of pyridine rings is 3. The Kier molecular flexibility index (Phi) is 6.61. The minimum absolute atomic E-state index is 0.0356. The lowest BCUT2D eigenvalue weighted by Gasteiger charge is -2.36. The molecule has 1 fully saturated rings. The van der Waals surface area contributed by atoms with Gasteiger partial charge in [-0.3, -0.25) is 14.7 Å². The maximum absolute atomic E-state index is 11.5. The summed E-state index contributed by atoms with van der Waals surface area (Å²) in [7, 11) is 1.60. The number of ether oxygens (including phenoxy) is 2. The van der Waals surface area contributed by atoms with E-state index < -0.39 is 0 Å². The number of rotatable bonds is 7. The molecule has 0 unspecified atom stereocenters. The van der Waals surface area contributed by atoms with Crippen LogP contribution in [0, 0.1) is 0 Å². The SMILES string of the molecule is COc1ccc2ncc(Cl)c(N3CCN(CCNCc4ccc5c(n4)NC(=O)CO5)CC3)c2n1. The molecule has 178 valence electrons. The molecule has 2 N–H and O–H groups in total. The molecule has 3 aromatic heterocycles. The van der Waals surface area contributed by atoms with Crippen LogP contribution in [0.1, 0.15) is 5.69 Å². The molecule has 11 heteroatoms. The van der Waals surface area contributed by atoms with Crippen molar-refractivity contribution in [2.24, 2.45) is 0 Å². The number of methoxy groups -OCH3 is 1. The largest absolute Gasteiger partial charge is 0.481 e. The van der Waals surface area contributed by atoms with Gasteiger partial charge in [0, 0.05) is 58.1 Å². The molecule has 2 aliphatic rings.